The Morgan fingerprint density at radius 2 is 1.89 bits per heavy atom. The number of halogens is 2. The van der Waals surface area contributed by atoms with E-state index in [0.29, 0.717) is 11.4 Å². The molecule has 0 atom stereocenters. The first-order valence-corrected chi connectivity index (χ1v) is 5.57. The van der Waals surface area contributed by atoms with E-state index in [1.165, 1.54) is 16.8 Å². The molecule has 0 radical (unpaired) electrons. The molecule has 0 saturated carbocycles. The summed E-state index contributed by atoms with van der Waals surface area (Å²) < 4.78 is 29.7. The molecule has 0 amide bonds. The van der Waals surface area contributed by atoms with Crippen LogP contribution in [-0.2, 0) is 5.60 Å². The van der Waals surface area contributed by atoms with Crippen molar-refractivity contribution in [1.82, 2.24) is 15.0 Å². The lowest BCUT2D eigenvalue weighted by molar-refractivity contribution is -0.0498. The van der Waals surface area contributed by atoms with Gasteiger partial charge in [0, 0.05) is 0 Å². The first-order valence-electron chi connectivity index (χ1n) is 5.57. The van der Waals surface area contributed by atoms with Gasteiger partial charge >= 0.3 is 6.61 Å². The standard InChI is InChI=1S/C12H13F2N3O2/c1-12(2,18)10-7-17(16-15-10)8-3-5-9(6-4-8)19-11(13)14/h3-7,11,18H,1-2H3. The van der Waals surface area contributed by atoms with Crippen molar-refractivity contribution in [3.05, 3.63) is 36.2 Å². The predicted octanol–water partition coefficient (Wildman–Crippen LogP) is 2.10. The summed E-state index contributed by atoms with van der Waals surface area (Å²) in [6.45, 7) is 0.348. The molecule has 0 saturated heterocycles. The third kappa shape index (κ3) is 3.25. The van der Waals surface area contributed by atoms with E-state index in [9.17, 15) is 13.9 Å². The lowest BCUT2D eigenvalue weighted by Gasteiger charge is -2.11. The van der Waals surface area contributed by atoms with Gasteiger partial charge in [-0.2, -0.15) is 8.78 Å². The summed E-state index contributed by atoms with van der Waals surface area (Å²) in [5.41, 5.74) is -0.0400. The van der Waals surface area contributed by atoms with Crippen LogP contribution < -0.4 is 4.74 Å². The molecular formula is C12H13F2N3O2. The molecule has 0 spiro atoms. The largest absolute Gasteiger partial charge is 0.435 e. The van der Waals surface area contributed by atoms with Crippen LogP contribution in [0.4, 0.5) is 8.78 Å². The molecule has 0 unspecified atom stereocenters. The molecule has 102 valence electrons. The second-order valence-electron chi connectivity index (χ2n) is 4.48. The van der Waals surface area contributed by atoms with E-state index in [-0.39, 0.29) is 5.75 Å². The van der Waals surface area contributed by atoms with E-state index in [1.807, 2.05) is 0 Å². The summed E-state index contributed by atoms with van der Waals surface area (Å²) in [6.07, 6.45) is 1.57. The summed E-state index contributed by atoms with van der Waals surface area (Å²) in [6, 6.07) is 5.96. The van der Waals surface area contributed by atoms with Crippen molar-refractivity contribution in [2.24, 2.45) is 0 Å². The van der Waals surface area contributed by atoms with Crippen LogP contribution in [-0.4, -0.2) is 26.7 Å². The zero-order valence-electron chi connectivity index (χ0n) is 10.4. The maximum Gasteiger partial charge on any atom is 0.387 e. The highest BCUT2D eigenvalue weighted by Gasteiger charge is 2.20. The van der Waals surface area contributed by atoms with Crippen LogP contribution >= 0.6 is 0 Å². The lowest BCUT2D eigenvalue weighted by atomic mass is 10.1. The minimum Gasteiger partial charge on any atom is -0.435 e. The monoisotopic (exact) mass is 269 g/mol. The van der Waals surface area contributed by atoms with Crippen LogP contribution in [0, 0.1) is 0 Å². The molecule has 1 N–H and O–H groups in total. The fraction of sp³-hybridized carbons (Fsp3) is 0.333. The zero-order valence-corrected chi connectivity index (χ0v) is 10.4. The number of aliphatic hydroxyl groups is 1. The minimum atomic E-state index is -2.85. The molecule has 0 fully saturated rings. The van der Waals surface area contributed by atoms with Gasteiger partial charge in [0.05, 0.1) is 11.9 Å². The molecule has 0 aliphatic heterocycles. The lowest BCUT2D eigenvalue weighted by Crippen LogP contribution is -2.15. The van der Waals surface area contributed by atoms with Crippen molar-refractivity contribution in [1.29, 1.82) is 0 Å². The molecule has 7 heteroatoms. The third-order valence-corrected chi connectivity index (χ3v) is 2.45. The Bertz CT molecular complexity index is 547. The zero-order chi connectivity index (χ0) is 14.0. The fourth-order valence-corrected chi connectivity index (χ4v) is 1.45. The number of nitrogens with zero attached hydrogens (tertiary/aromatic N) is 3. The Morgan fingerprint density at radius 3 is 2.37 bits per heavy atom. The van der Waals surface area contributed by atoms with Gasteiger partial charge in [0.15, 0.2) is 0 Å². The molecular weight excluding hydrogens is 256 g/mol. The predicted molar refractivity (Wildman–Crippen MR) is 63.2 cm³/mol. The Hall–Kier alpha value is -2.02. The summed E-state index contributed by atoms with van der Waals surface area (Å²) in [5, 5.41) is 17.5. The molecule has 2 aromatic rings. The summed E-state index contributed by atoms with van der Waals surface area (Å²) >= 11 is 0. The van der Waals surface area contributed by atoms with Gasteiger partial charge in [-0.3, -0.25) is 0 Å². The van der Waals surface area contributed by atoms with Crippen LogP contribution in [0.1, 0.15) is 19.5 Å². The van der Waals surface area contributed by atoms with E-state index in [2.05, 4.69) is 15.0 Å². The average molecular weight is 269 g/mol. The van der Waals surface area contributed by atoms with E-state index < -0.39 is 12.2 Å². The summed E-state index contributed by atoms with van der Waals surface area (Å²) in [5.74, 6) is 0.0709. The van der Waals surface area contributed by atoms with Crippen molar-refractivity contribution in [2.75, 3.05) is 0 Å². The van der Waals surface area contributed by atoms with Crippen molar-refractivity contribution in [2.45, 2.75) is 26.1 Å². The van der Waals surface area contributed by atoms with Crippen molar-refractivity contribution in [3.63, 3.8) is 0 Å². The van der Waals surface area contributed by atoms with Gasteiger partial charge in [0.2, 0.25) is 0 Å². The number of alkyl halides is 2. The summed E-state index contributed by atoms with van der Waals surface area (Å²) in [4.78, 5) is 0. The molecule has 0 bridgehead atoms. The van der Waals surface area contributed by atoms with Crippen LogP contribution in [0.2, 0.25) is 0 Å². The third-order valence-electron chi connectivity index (χ3n) is 2.45. The normalized spacial score (nSPS) is 11.9. The first-order chi connectivity index (χ1) is 8.86. The molecule has 1 aromatic carbocycles. The van der Waals surface area contributed by atoms with Crippen LogP contribution in [0.3, 0.4) is 0 Å². The van der Waals surface area contributed by atoms with Gasteiger partial charge in [0.1, 0.15) is 17.0 Å². The van der Waals surface area contributed by atoms with Crippen LogP contribution in [0.15, 0.2) is 30.5 Å². The van der Waals surface area contributed by atoms with E-state index in [4.69, 9.17) is 0 Å². The van der Waals surface area contributed by atoms with E-state index in [1.54, 1.807) is 32.2 Å². The van der Waals surface area contributed by atoms with E-state index in [0.717, 1.165) is 0 Å². The topological polar surface area (TPSA) is 60.2 Å². The molecule has 0 aliphatic rings. The number of ether oxygens (including phenoxy) is 1. The van der Waals surface area contributed by atoms with Crippen molar-refractivity contribution >= 4 is 0 Å². The number of benzene rings is 1. The highest BCUT2D eigenvalue weighted by molar-refractivity contribution is 5.36. The Kier molecular flexibility index (Phi) is 3.48. The highest BCUT2D eigenvalue weighted by atomic mass is 19.3. The first kappa shape index (κ1) is 13.4. The van der Waals surface area contributed by atoms with Crippen molar-refractivity contribution < 1.29 is 18.6 Å². The number of hydrogen-bond donors (Lipinski definition) is 1. The average Bonchev–Trinajstić information content (AvgIpc) is 2.78. The smallest absolute Gasteiger partial charge is 0.387 e. The molecule has 5 nitrogen and oxygen atoms in total. The number of aromatic nitrogens is 3. The molecule has 1 heterocycles. The van der Waals surface area contributed by atoms with Gasteiger partial charge in [-0.1, -0.05) is 5.21 Å². The van der Waals surface area contributed by atoms with Crippen molar-refractivity contribution in [3.8, 4) is 11.4 Å². The SMILES string of the molecule is CC(C)(O)c1cn(-c2ccc(OC(F)F)cc2)nn1. The van der Waals surface area contributed by atoms with Gasteiger partial charge in [-0.25, -0.2) is 4.68 Å². The van der Waals surface area contributed by atoms with Crippen LogP contribution in [0.5, 0.6) is 5.75 Å². The highest BCUT2D eigenvalue weighted by Crippen LogP contribution is 2.20. The quantitative estimate of drug-likeness (QED) is 0.923. The summed E-state index contributed by atoms with van der Waals surface area (Å²) in [7, 11) is 0. The second-order valence-corrected chi connectivity index (χ2v) is 4.48. The maximum atomic E-state index is 12.0. The Morgan fingerprint density at radius 1 is 1.26 bits per heavy atom. The maximum absolute atomic E-state index is 12.0. The molecule has 2 rings (SSSR count). The van der Waals surface area contributed by atoms with Gasteiger partial charge in [-0.05, 0) is 38.1 Å². The number of rotatable bonds is 4. The van der Waals surface area contributed by atoms with E-state index >= 15 is 0 Å². The second kappa shape index (κ2) is 4.93. The molecule has 19 heavy (non-hydrogen) atoms. The van der Waals surface area contributed by atoms with Gasteiger partial charge in [0.25, 0.3) is 0 Å². The van der Waals surface area contributed by atoms with Gasteiger partial charge < -0.3 is 9.84 Å². The number of hydrogen-bond acceptors (Lipinski definition) is 4. The minimum absolute atomic E-state index is 0.0709. The van der Waals surface area contributed by atoms with Crippen LogP contribution in [0.25, 0.3) is 5.69 Å². The van der Waals surface area contributed by atoms with Gasteiger partial charge in [-0.15, -0.1) is 5.10 Å². The Balaban J connectivity index is 2.20. The fourth-order valence-electron chi connectivity index (χ4n) is 1.45. The molecule has 1 aromatic heterocycles. The molecule has 0 aliphatic carbocycles. The Labute approximate surface area is 108 Å².